The quantitative estimate of drug-likeness (QED) is 0.326. The number of methoxy groups -OCH3 is 1. The maximum Gasteiger partial charge on any atom is 0.271 e. The number of aliphatic hydroxyl groups excluding tert-OH is 2. The van der Waals surface area contributed by atoms with Gasteiger partial charge in [0.05, 0.1) is 12.8 Å². The third-order valence-corrected chi connectivity index (χ3v) is 7.16. The molecule has 4 heterocycles. The fraction of sp³-hybridized carbons (Fsp3) is 0.450. The van der Waals surface area contributed by atoms with Crippen molar-refractivity contribution in [1.29, 1.82) is 0 Å². The zero-order chi connectivity index (χ0) is 25.8. The first-order valence-corrected chi connectivity index (χ1v) is 12.7. The smallest absolute Gasteiger partial charge is 0.271 e. The molecule has 1 aliphatic rings. The van der Waals surface area contributed by atoms with Gasteiger partial charge in [-0.15, -0.1) is 5.10 Å². The minimum atomic E-state index is -1.21. The first kappa shape index (κ1) is 26.9. The number of nitrogens with one attached hydrogen (secondary N) is 1. The number of pyridine rings is 1. The molecule has 3 aromatic rings. The summed E-state index contributed by atoms with van der Waals surface area (Å²) in [6.07, 6.45) is 1.61. The molecule has 36 heavy (non-hydrogen) atoms. The molecule has 1 saturated heterocycles. The van der Waals surface area contributed by atoms with Gasteiger partial charge in [-0.05, 0) is 28.1 Å². The molecule has 0 spiro atoms. The van der Waals surface area contributed by atoms with Crippen LogP contribution in [0, 0.1) is 0 Å². The van der Waals surface area contributed by atoms with Crippen molar-refractivity contribution in [2.45, 2.75) is 34.7 Å². The molecule has 0 bridgehead atoms. The molecular formula is C20H22BrClFN7O5S. The average Bonchev–Trinajstić information content (AvgIpc) is 3.52. The van der Waals surface area contributed by atoms with Gasteiger partial charge in [-0.25, -0.2) is 18.7 Å². The normalized spacial score (nSPS) is 24.1. The van der Waals surface area contributed by atoms with Crippen LogP contribution in [0.4, 0.5) is 4.39 Å². The van der Waals surface area contributed by atoms with E-state index in [-0.39, 0.29) is 17.4 Å². The summed E-state index contributed by atoms with van der Waals surface area (Å²) in [6, 6.07) is 2.43. The molecule has 1 aliphatic heterocycles. The predicted octanol–water partition coefficient (Wildman–Crippen LogP) is 1.40. The number of rotatable bonds is 9. The fourth-order valence-corrected chi connectivity index (χ4v) is 5.63. The summed E-state index contributed by atoms with van der Waals surface area (Å²) in [5.41, 5.74) is -0.743. The highest BCUT2D eigenvalue weighted by Crippen LogP contribution is 2.40. The van der Waals surface area contributed by atoms with E-state index >= 15 is 0 Å². The summed E-state index contributed by atoms with van der Waals surface area (Å²) in [5, 5.41) is 36.0. The topological polar surface area (TPSA) is 149 Å². The van der Waals surface area contributed by atoms with E-state index in [2.05, 4.69) is 41.6 Å². The molecule has 1 fully saturated rings. The Bertz CT molecular complexity index is 1200. The van der Waals surface area contributed by atoms with Crippen LogP contribution < -0.4 is 5.32 Å². The number of ether oxygens (including phenoxy) is 2. The molecule has 194 valence electrons. The Hall–Kier alpha value is -2.14. The van der Waals surface area contributed by atoms with Gasteiger partial charge in [0.25, 0.3) is 5.91 Å². The molecule has 12 nitrogen and oxygen atoms in total. The van der Waals surface area contributed by atoms with Crippen LogP contribution in [0.25, 0.3) is 5.82 Å². The third-order valence-electron chi connectivity index (χ3n) is 5.35. The zero-order valence-corrected chi connectivity index (χ0v) is 21.9. The first-order chi connectivity index (χ1) is 17.4. The van der Waals surface area contributed by atoms with E-state index in [1.54, 1.807) is 24.5 Å². The van der Waals surface area contributed by atoms with Crippen LogP contribution in [-0.2, 0) is 9.47 Å². The van der Waals surface area contributed by atoms with E-state index in [1.165, 1.54) is 22.7 Å². The largest absolute Gasteiger partial charge is 0.394 e. The van der Waals surface area contributed by atoms with Gasteiger partial charge in [-0.2, -0.15) is 5.10 Å². The van der Waals surface area contributed by atoms with Crippen LogP contribution in [0.15, 0.2) is 40.1 Å². The molecule has 0 saturated carbocycles. The Labute approximate surface area is 222 Å². The van der Waals surface area contributed by atoms with Crippen LogP contribution in [-0.4, -0.2) is 96.6 Å². The van der Waals surface area contributed by atoms with Crippen molar-refractivity contribution in [3.63, 3.8) is 0 Å². The number of hydrogen-bond donors (Lipinski definition) is 3. The molecule has 16 heteroatoms. The molecule has 0 aromatic carbocycles. The molecule has 3 N–H and O–H groups in total. The van der Waals surface area contributed by atoms with Crippen molar-refractivity contribution < 1.29 is 28.9 Å². The van der Waals surface area contributed by atoms with Gasteiger partial charge in [0.2, 0.25) is 0 Å². The van der Waals surface area contributed by atoms with Gasteiger partial charge in [-0.3, -0.25) is 4.79 Å². The van der Waals surface area contributed by atoms with Crippen LogP contribution in [0.3, 0.4) is 0 Å². The van der Waals surface area contributed by atoms with Crippen molar-refractivity contribution >= 4 is 45.2 Å². The van der Waals surface area contributed by atoms with E-state index in [1.807, 2.05) is 0 Å². The first-order valence-electron chi connectivity index (χ1n) is 10.6. The van der Waals surface area contributed by atoms with Crippen molar-refractivity contribution in [3.8, 4) is 5.82 Å². The van der Waals surface area contributed by atoms with Crippen LogP contribution in [0.2, 0.25) is 5.15 Å². The second-order valence-electron chi connectivity index (χ2n) is 7.61. The number of aliphatic hydroxyl groups is 2. The number of amides is 1. The summed E-state index contributed by atoms with van der Waals surface area (Å²) in [7, 11) is 1.44. The van der Waals surface area contributed by atoms with E-state index in [0.717, 1.165) is 11.8 Å². The number of carbonyl (C=O) groups excluding carboxylic acids is 1. The molecule has 0 aliphatic carbocycles. The third kappa shape index (κ3) is 5.72. The number of nitrogens with zero attached hydrogens (tertiary/aromatic N) is 6. The van der Waals surface area contributed by atoms with Gasteiger partial charge in [-0.1, -0.05) is 28.6 Å². The number of halogens is 3. The SMILES string of the molecule is COC1[C@@H](Sc2cc(Br)cnc2C(=O)NCCF)OC(CO)[C@H](O)[C@@H]1n1cc(-n2ccc(Cl)n2)nn1. The Morgan fingerprint density at radius 1 is 1.47 bits per heavy atom. The highest BCUT2D eigenvalue weighted by Gasteiger charge is 2.48. The van der Waals surface area contributed by atoms with E-state index < -0.39 is 49.0 Å². The lowest BCUT2D eigenvalue weighted by Gasteiger charge is -2.43. The molecule has 3 aromatic heterocycles. The highest BCUT2D eigenvalue weighted by molar-refractivity contribution is 9.10. The lowest BCUT2D eigenvalue weighted by atomic mass is 9.97. The minimum Gasteiger partial charge on any atom is -0.394 e. The van der Waals surface area contributed by atoms with Gasteiger partial charge >= 0.3 is 0 Å². The average molecular weight is 607 g/mol. The maximum absolute atomic E-state index is 12.6. The van der Waals surface area contributed by atoms with E-state index in [4.69, 9.17) is 21.1 Å². The van der Waals surface area contributed by atoms with Gasteiger partial charge in [0.1, 0.15) is 42.2 Å². The Morgan fingerprint density at radius 2 is 2.28 bits per heavy atom. The Morgan fingerprint density at radius 3 is 2.94 bits per heavy atom. The second kappa shape index (κ2) is 11.9. The van der Waals surface area contributed by atoms with Gasteiger partial charge in [0, 0.05) is 35.4 Å². The van der Waals surface area contributed by atoms with E-state index in [9.17, 15) is 19.4 Å². The highest BCUT2D eigenvalue weighted by atomic mass is 79.9. The van der Waals surface area contributed by atoms with Crippen molar-refractivity contribution in [1.82, 2.24) is 35.1 Å². The monoisotopic (exact) mass is 605 g/mol. The van der Waals surface area contributed by atoms with Crippen molar-refractivity contribution in [2.75, 3.05) is 26.9 Å². The van der Waals surface area contributed by atoms with Gasteiger partial charge < -0.3 is 25.0 Å². The summed E-state index contributed by atoms with van der Waals surface area (Å²) >= 11 is 10.4. The Kier molecular flexibility index (Phi) is 8.92. The molecule has 4 rings (SSSR count). The van der Waals surface area contributed by atoms with Crippen LogP contribution in [0.5, 0.6) is 0 Å². The fourth-order valence-electron chi connectivity index (χ4n) is 3.71. The predicted molar refractivity (Wildman–Crippen MR) is 130 cm³/mol. The maximum atomic E-state index is 12.6. The number of aromatic nitrogens is 6. The van der Waals surface area contributed by atoms with Crippen LogP contribution >= 0.6 is 39.3 Å². The van der Waals surface area contributed by atoms with Crippen LogP contribution in [0.1, 0.15) is 16.5 Å². The molecule has 1 amide bonds. The summed E-state index contributed by atoms with van der Waals surface area (Å²) < 4.78 is 27.7. The molecule has 2 unspecified atom stereocenters. The Balaban J connectivity index is 1.66. The minimum absolute atomic E-state index is 0.0666. The molecule has 0 radical (unpaired) electrons. The number of thioether (sulfide) groups is 1. The lowest BCUT2D eigenvalue weighted by molar-refractivity contribution is -0.186. The number of hydrogen-bond acceptors (Lipinski definition) is 10. The number of carbonyl (C=O) groups is 1. The second-order valence-corrected chi connectivity index (χ2v) is 10.1. The van der Waals surface area contributed by atoms with Gasteiger partial charge in [0.15, 0.2) is 11.0 Å². The zero-order valence-electron chi connectivity index (χ0n) is 18.7. The number of alkyl halides is 1. The lowest BCUT2D eigenvalue weighted by Crippen LogP contribution is -2.55. The van der Waals surface area contributed by atoms with Crippen molar-refractivity contribution in [3.05, 3.63) is 46.0 Å². The summed E-state index contributed by atoms with van der Waals surface area (Å²) in [4.78, 5) is 17.2. The van der Waals surface area contributed by atoms with E-state index in [0.29, 0.717) is 15.2 Å². The molecular weight excluding hydrogens is 585 g/mol. The summed E-state index contributed by atoms with van der Waals surface area (Å²) in [6.45, 7) is -1.36. The van der Waals surface area contributed by atoms with Crippen molar-refractivity contribution in [2.24, 2.45) is 0 Å². The summed E-state index contributed by atoms with van der Waals surface area (Å²) in [5.74, 6) is -0.204. The molecule has 5 atom stereocenters. The standard InChI is InChI=1S/C20H22BrClFN7O5S/c1-34-18-16(30-8-14(26-28-30)29-5-2-13(22)27-29)17(32)11(9-31)35-20(18)36-12-6-10(21)7-25-15(12)19(33)24-4-3-23/h2,5-8,11,16-18,20,31-32H,3-4,9H2,1H3,(H,24,33)/t11?,16-,17-,18?,20+/m0/s1.